The highest BCUT2D eigenvalue weighted by Gasteiger charge is 2.25. The van der Waals surface area contributed by atoms with Crippen molar-refractivity contribution >= 4 is 11.8 Å². The zero-order valence-electron chi connectivity index (χ0n) is 13.2. The molecule has 2 N–H and O–H groups in total. The van der Waals surface area contributed by atoms with Crippen LogP contribution in [-0.2, 0) is 17.8 Å². The summed E-state index contributed by atoms with van der Waals surface area (Å²) in [5, 5.41) is 0. The van der Waals surface area contributed by atoms with Crippen LogP contribution in [0, 0.1) is 0 Å². The Morgan fingerprint density at radius 1 is 1.09 bits per heavy atom. The van der Waals surface area contributed by atoms with E-state index in [0.29, 0.717) is 18.7 Å². The molecule has 2 amide bonds. The van der Waals surface area contributed by atoms with Crippen molar-refractivity contribution in [1.29, 1.82) is 0 Å². The Morgan fingerprint density at radius 2 is 1.83 bits per heavy atom. The molecule has 3 rings (SSSR count). The molecular weight excluding hydrogens is 288 g/mol. The maximum atomic E-state index is 12.7. The first-order chi connectivity index (χ1) is 11.1. The maximum Gasteiger partial charge on any atom is 0.248 e. The number of carbonyl (C=O) groups is 2. The zero-order valence-corrected chi connectivity index (χ0v) is 13.2. The molecule has 0 saturated heterocycles. The van der Waals surface area contributed by atoms with Crippen LogP contribution >= 0.6 is 0 Å². The van der Waals surface area contributed by atoms with Crippen molar-refractivity contribution in [2.75, 3.05) is 6.54 Å². The lowest BCUT2D eigenvalue weighted by Gasteiger charge is -2.31. The van der Waals surface area contributed by atoms with Crippen LogP contribution in [0.3, 0.4) is 0 Å². The summed E-state index contributed by atoms with van der Waals surface area (Å²) in [5.74, 6) is -0.424. The van der Waals surface area contributed by atoms with E-state index in [1.54, 1.807) is 6.07 Å². The molecule has 1 aliphatic heterocycles. The van der Waals surface area contributed by atoms with Crippen molar-refractivity contribution in [3.63, 3.8) is 0 Å². The molecule has 23 heavy (non-hydrogen) atoms. The van der Waals surface area contributed by atoms with Crippen LogP contribution in [0.4, 0.5) is 0 Å². The normalized spacial score (nSPS) is 14.9. The number of nitrogens with zero attached hydrogens (tertiary/aromatic N) is 1. The summed E-state index contributed by atoms with van der Waals surface area (Å²) in [6.45, 7) is 3.21. The van der Waals surface area contributed by atoms with Gasteiger partial charge in [0.1, 0.15) is 0 Å². The van der Waals surface area contributed by atoms with Crippen molar-refractivity contribution in [3.8, 4) is 0 Å². The van der Waals surface area contributed by atoms with Gasteiger partial charge in [-0.15, -0.1) is 0 Å². The standard InChI is InChI=1S/C19H20N2O2/c1-13(14-5-3-2-4-6-14)19(23)21-10-9-15-11-16(18(20)22)7-8-17(15)12-21/h2-8,11,13H,9-10,12H2,1H3,(H2,20,22). The quantitative estimate of drug-likeness (QED) is 0.946. The Kier molecular flexibility index (Phi) is 4.15. The van der Waals surface area contributed by atoms with Crippen LogP contribution in [0.2, 0.25) is 0 Å². The lowest BCUT2D eigenvalue weighted by Crippen LogP contribution is -2.38. The molecule has 2 aromatic rings. The summed E-state index contributed by atoms with van der Waals surface area (Å²) >= 11 is 0. The van der Waals surface area contributed by atoms with Crippen LogP contribution in [0.1, 0.15) is 39.9 Å². The minimum atomic E-state index is -0.413. The molecule has 2 aromatic carbocycles. The molecule has 4 heteroatoms. The highest BCUT2D eigenvalue weighted by atomic mass is 16.2. The first-order valence-electron chi connectivity index (χ1n) is 7.81. The number of fused-ring (bicyclic) bond motifs is 1. The predicted octanol–water partition coefficient (Wildman–Crippen LogP) is 2.47. The summed E-state index contributed by atoms with van der Waals surface area (Å²) in [4.78, 5) is 25.9. The molecule has 1 heterocycles. The van der Waals surface area contributed by atoms with Gasteiger partial charge in [-0.2, -0.15) is 0 Å². The van der Waals surface area contributed by atoms with Crippen molar-refractivity contribution < 1.29 is 9.59 Å². The molecule has 118 valence electrons. The second-order valence-corrected chi connectivity index (χ2v) is 5.99. The number of carbonyl (C=O) groups excluding carboxylic acids is 2. The fourth-order valence-electron chi connectivity index (χ4n) is 3.05. The van der Waals surface area contributed by atoms with Crippen LogP contribution in [0.5, 0.6) is 0 Å². The fourth-order valence-corrected chi connectivity index (χ4v) is 3.05. The highest BCUT2D eigenvalue weighted by Crippen LogP contribution is 2.24. The fraction of sp³-hybridized carbons (Fsp3) is 0.263. The molecule has 1 aliphatic rings. The second kappa shape index (κ2) is 6.24. The monoisotopic (exact) mass is 308 g/mol. The summed E-state index contributed by atoms with van der Waals surface area (Å²) in [6, 6.07) is 15.3. The van der Waals surface area contributed by atoms with Gasteiger partial charge in [0.15, 0.2) is 0 Å². The average Bonchev–Trinajstić information content (AvgIpc) is 2.60. The largest absolute Gasteiger partial charge is 0.366 e. The van der Waals surface area contributed by atoms with Gasteiger partial charge in [-0.3, -0.25) is 9.59 Å². The number of hydrogen-bond acceptors (Lipinski definition) is 2. The smallest absolute Gasteiger partial charge is 0.248 e. The third-order valence-electron chi connectivity index (χ3n) is 4.48. The van der Waals surface area contributed by atoms with Crippen LogP contribution in [0.25, 0.3) is 0 Å². The van der Waals surface area contributed by atoms with Crippen LogP contribution in [0.15, 0.2) is 48.5 Å². The first-order valence-corrected chi connectivity index (χ1v) is 7.81. The van der Waals surface area contributed by atoms with Gasteiger partial charge in [-0.05, 0) is 42.2 Å². The summed E-state index contributed by atoms with van der Waals surface area (Å²) in [5.41, 5.74) is 9.09. The van der Waals surface area contributed by atoms with E-state index >= 15 is 0 Å². The van der Waals surface area contributed by atoms with Crippen LogP contribution < -0.4 is 5.73 Å². The minimum absolute atomic E-state index is 0.140. The summed E-state index contributed by atoms with van der Waals surface area (Å²) in [7, 11) is 0. The molecule has 0 spiro atoms. The third-order valence-corrected chi connectivity index (χ3v) is 4.48. The Morgan fingerprint density at radius 3 is 2.52 bits per heavy atom. The van der Waals surface area contributed by atoms with E-state index in [1.807, 2.05) is 54.3 Å². The lowest BCUT2D eigenvalue weighted by atomic mass is 9.94. The number of rotatable bonds is 3. The Bertz CT molecular complexity index is 740. The van der Waals surface area contributed by atoms with Crippen LogP contribution in [-0.4, -0.2) is 23.3 Å². The summed E-state index contributed by atoms with van der Waals surface area (Å²) < 4.78 is 0. The molecule has 0 bridgehead atoms. The zero-order chi connectivity index (χ0) is 16.4. The Labute approximate surface area is 135 Å². The van der Waals surface area contributed by atoms with Gasteiger partial charge in [-0.1, -0.05) is 36.4 Å². The third kappa shape index (κ3) is 3.11. The van der Waals surface area contributed by atoms with E-state index < -0.39 is 5.91 Å². The van der Waals surface area contributed by atoms with E-state index in [0.717, 1.165) is 23.1 Å². The van der Waals surface area contributed by atoms with Gasteiger partial charge in [0.05, 0.1) is 5.92 Å². The highest BCUT2D eigenvalue weighted by molar-refractivity contribution is 5.93. The topological polar surface area (TPSA) is 63.4 Å². The van der Waals surface area contributed by atoms with E-state index in [2.05, 4.69) is 0 Å². The van der Waals surface area contributed by atoms with Crippen molar-refractivity contribution in [1.82, 2.24) is 4.90 Å². The van der Waals surface area contributed by atoms with Gasteiger partial charge in [0.2, 0.25) is 11.8 Å². The Hall–Kier alpha value is -2.62. The van der Waals surface area contributed by atoms with Crippen molar-refractivity contribution in [2.24, 2.45) is 5.73 Å². The summed E-state index contributed by atoms with van der Waals surface area (Å²) in [6.07, 6.45) is 0.754. The molecule has 1 unspecified atom stereocenters. The Balaban J connectivity index is 1.76. The van der Waals surface area contributed by atoms with Gasteiger partial charge in [0.25, 0.3) is 0 Å². The van der Waals surface area contributed by atoms with E-state index in [4.69, 9.17) is 5.73 Å². The molecule has 0 fully saturated rings. The van der Waals surface area contributed by atoms with E-state index in [1.165, 1.54) is 0 Å². The number of amides is 2. The molecule has 0 saturated carbocycles. The number of benzene rings is 2. The van der Waals surface area contributed by atoms with E-state index in [-0.39, 0.29) is 11.8 Å². The van der Waals surface area contributed by atoms with Gasteiger partial charge in [0, 0.05) is 18.7 Å². The van der Waals surface area contributed by atoms with Gasteiger partial charge in [-0.25, -0.2) is 0 Å². The van der Waals surface area contributed by atoms with Gasteiger partial charge >= 0.3 is 0 Å². The van der Waals surface area contributed by atoms with Crippen molar-refractivity contribution in [2.45, 2.75) is 25.8 Å². The minimum Gasteiger partial charge on any atom is -0.366 e. The number of primary amides is 1. The van der Waals surface area contributed by atoms with Gasteiger partial charge < -0.3 is 10.6 Å². The lowest BCUT2D eigenvalue weighted by molar-refractivity contribution is -0.133. The average molecular weight is 308 g/mol. The van der Waals surface area contributed by atoms with E-state index in [9.17, 15) is 9.59 Å². The van der Waals surface area contributed by atoms with Crippen molar-refractivity contribution in [3.05, 3.63) is 70.8 Å². The molecule has 1 atom stereocenters. The second-order valence-electron chi connectivity index (χ2n) is 5.99. The molecule has 0 aromatic heterocycles. The SMILES string of the molecule is CC(C(=O)N1CCc2cc(C(N)=O)ccc2C1)c1ccccc1. The number of hydrogen-bond donors (Lipinski definition) is 1. The predicted molar refractivity (Wildman–Crippen MR) is 88.9 cm³/mol. The molecule has 0 radical (unpaired) electrons. The molecule has 4 nitrogen and oxygen atoms in total. The number of nitrogens with two attached hydrogens (primary N) is 1. The molecule has 0 aliphatic carbocycles. The molecular formula is C19H20N2O2. The maximum absolute atomic E-state index is 12.7. The first kappa shape index (κ1) is 15.3.